The van der Waals surface area contributed by atoms with Crippen LogP contribution in [-0.2, 0) is 6.54 Å². The van der Waals surface area contributed by atoms with Gasteiger partial charge in [0.1, 0.15) is 11.6 Å². The van der Waals surface area contributed by atoms with Crippen molar-refractivity contribution in [1.82, 2.24) is 24.9 Å². The van der Waals surface area contributed by atoms with Gasteiger partial charge in [-0.3, -0.25) is 0 Å². The summed E-state index contributed by atoms with van der Waals surface area (Å²) < 4.78 is 22.7. The maximum atomic E-state index is 13.9. The third kappa shape index (κ3) is 3.97. The van der Waals surface area contributed by atoms with Crippen molar-refractivity contribution < 1.29 is 9.13 Å². The van der Waals surface area contributed by atoms with Crippen molar-refractivity contribution in [3.63, 3.8) is 0 Å². The van der Waals surface area contributed by atoms with Gasteiger partial charge >= 0.3 is 0 Å². The van der Waals surface area contributed by atoms with E-state index in [1.165, 1.54) is 6.07 Å². The van der Waals surface area contributed by atoms with Crippen molar-refractivity contribution in [2.75, 3.05) is 7.11 Å². The van der Waals surface area contributed by atoms with E-state index in [0.717, 1.165) is 33.9 Å². The van der Waals surface area contributed by atoms with Crippen molar-refractivity contribution in [2.24, 2.45) is 0 Å². The highest BCUT2D eigenvalue weighted by Gasteiger charge is 2.15. The molecule has 0 fully saturated rings. The van der Waals surface area contributed by atoms with Crippen molar-refractivity contribution in [2.45, 2.75) is 26.4 Å². The van der Waals surface area contributed by atoms with Gasteiger partial charge in [-0.25, -0.2) is 13.8 Å². The summed E-state index contributed by atoms with van der Waals surface area (Å²) >= 11 is 0. The van der Waals surface area contributed by atoms with E-state index < -0.39 is 0 Å². The van der Waals surface area contributed by atoms with Gasteiger partial charge in [0.15, 0.2) is 0 Å². The quantitative estimate of drug-likeness (QED) is 0.496. The molecule has 2 heterocycles. The SMILES string of the molecule is COc1ccc(-n2ncc([C@@H](C)NCc3cc(F)ccc3-n3cccn3)c2C)cc1. The van der Waals surface area contributed by atoms with E-state index in [1.54, 1.807) is 30.1 Å². The molecule has 154 valence electrons. The number of benzene rings is 2. The molecule has 0 aliphatic carbocycles. The molecule has 0 bridgehead atoms. The lowest BCUT2D eigenvalue weighted by molar-refractivity contribution is 0.414. The second-order valence-electron chi connectivity index (χ2n) is 7.12. The van der Waals surface area contributed by atoms with Gasteiger partial charge in [-0.1, -0.05) is 0 Å². The first-order valence-electron chi connectivity index (χ1n) is 9.77. The van der Waals surface area contributed by atoms with Crippen LogP contribution in [0.1, 0.15) is 29.8 Å². The topological polar surface area (TPSA) is 56.9 Å². The minimum absolute atomic E-state index is 0.0331. The molecule has 0 radical (unpaired) electrons. The predicted octanol–water partition coefficient (Wildman–Crippen LogP) is 4.36. The predicted molar refractivity (Wildman–Crippen MR) is 114 cm³/mol. The fourth-order valence-corrected chi connectivity index (χ4v) is 3.53. The standard InChI is InChI=1S/C23H24FN5O/c1-16(22-15-27-29(17(22)2)20-6-8-21(30-3)9-7-20)25-14-18-13-19(24)5-10-23(18)28-12-4-11-26-28/h4-13,15-16,25H,14H2,1-3H3/t16-/m1/s1. The number of hydrogen-bond donors (Lipinski definition) is 1. The normalized spacial score (nSPS) is 12.1. The molecule has 4 rings (SSSR count). The highest BCUT2D eigenvalue weighted by Crippen LogP contribution is 2.23. The summed E-state index contributed by atoms with van der Waals surface area (Å²) in [6.07, 6.45) is 5.43. The van der Waals surface area contributed by atoms with E-state index in [2.05, 4.69) is 22.4 Å². The number of nitrogens with one attached hydrogen (secondary N) is 1. The molecular formula is C23H24FN5O. The van der Waals surface area contributed by atoms with Gasteiger partial charge in [0.25, 0.3) is 0 Å². The summed E-state index contributed by atoms with van der Waals surface area (Å²) in [6, 6.07) is 14.4. The van der Waals surface area contributed by atoms with Crippen molar-refractivity contribution in [3.8, 4) is 17.1 Å². The summed E-state index contributed by atoms with van der Waals surface area (Å²) in [5, 5.41) is 12.3. The fourth-order valence-electron chi connectivity index (χ4n) is 3.53. The Labute approximate surface area is 174 Å². The molecule has 0 amide bonds. The molecular weight excluding hydrogens is 381 g/mol. The molecule has 4 aromatic rings. The average Bonchev–Trinajstić information content (AvgIpc) is 3.42. The Hall–Kier alpha value is -3.45. The van der Waals surface area contributed by atoms with Crippen LogP contribution in [0.3, 0.4) is 0 Å². The lowest BCUT2D eigenvalue weighted by Gasteiger charge is -2.16. The van der Waals surface area contributed by atoms with Crippen molar-refractivity contribution >= 4 is 0 Å². The Morgan fingerprint density at radius 3 is 2.63 bits per heavy atom. The Morgan fingerprint density at radius 1 is 1.13 bits per heavy atom. The van der Waals surface area contributed by atoms with E-state index in [0.29, 0.717) is 6.54 Å². The zero-order valence-corrected chi connectivity index (χ0v) is 17.2. The zero-order chi connectivity index (χ0) is 21.1. The third-order valence-corrected chi connectivity index (χ3v) is 5.22. The number of aromatic nitrogens is 4. The van der Waals surface area contributed by atoms with Gasteiger partial charge in [-0.15, -0.1) is 0 Å². The Balaban J connectivity index is 1.52. The van der Waals surface area contributed by atoms with Crippen LogP contribution in [-0.4, -0.2) is 26.7 Å². The number of ether oxygens (including phenoxy) is 1. The van der Waals surface area contributed by atoms with Crippen LogP contribution in [0.15, 0.2) is 67.1 Å². The van der Waals surface area contributed by atoms with E-state index in [4.69, 9.17) is 4.74 Å². The molecule has 6 nitrogen and oxygen atoms in total. The van der Waals surface area contributed by atoms with E-state index in [1.807, 2.05) is 54.3 Å². The van der Waals surface area contributed by atoms with Crippen LogP contribution in [0.2, 0.25) is 0 Å². The summed E-state index contributed by atoms with van der Waals surface area (Å²) in [6.45, 7) is 4.62. The molecule has 0 saturated heterocycles. The first-order chi connectivity index (χ1) is 14.6. The second-order valence-corrected chi connectivity index (χ2v) is 7.12. The zero-order valence-electron chi connectivity index (χ0n) is 17.2. The van der Waals surface area contributed by atoms with E-state index in [9.17, 15) is 4.39 Å². The number of nitrogens with zero attached hydrogens (tertiary/aromatic N) is 4. The Kier molecular flexibility index (Phi) is 5.63. The van der Waals surface area contributed by atoms with Gasteiger partial charge < -0.3 is 10.1 Å². The van der Waals surface area contributed by atoms with Gasteiger partial charge in [0.2, 0.25) is 0 Å². The minimum atomic E-state index is -0.265. The lowest BCUT2D eigenvalue weighted by Crippen LogP contribution is -2.20. The molecule has 1 N–H and O–H groups in total. The van der Waals surface area contributed by atoms with Crippen LogP contribution in [0.5, 0.6) is 5.75 Å². The largest absolute Gasteiger partial charge is 0.497 e. The first kappa shape index (κ1) is 19.8. The Morgan fingerprint density at radius 2 is 1.93 bits per heavy atom. The smallest absolute Gasteiger partial charge is 0.123 e. The van der Waals surface area contributed by atoms with Crippen LogP contribution in [0.25, 0.3) is 11.4 Å². The first-order valence-corrected chi connectivity index (χ1v) is 9.77. The molecule has 0 aliphatic rings. The number of hydrogen-bond acceptors (Lipinski definition) is 4. The van der Waals surface area contributed by atoms with Gasteiger partial charge in [0.05, 0.1) is 24.7 Å². The molecule has 30 heavy (non-hydrogen) atoms. The van der Waals surface area contributed by atoms with Crippen LogP contribution >= 0.6 is 0 Å². The van der Waals surface area contributed by atoms with Gasteiger partial charge in [0, 0.05) is 36.2 Å². The third-order valence-electron chi connectivity index (χ3n) is 5.22. The maximum Gasteiger partial charge on any atom is 0.123 e. The molecule has 0 spiro atoms. The second kappa shape index (κ2) is 8.51. The number of halogens is 1. The van der Waals surface area contributed by atoms with Gasteiger partial charge in [-0.05, 0) is 67.9 Å². The molecule has 2 aromatic carbocycles. The van der Waals surface area contributed by atoms with E-state index >= 15 is 0 Å². The maximum absolute atomic E-state index is 13.9. The molecule has 2 aromatic heterocycles. The fraction of sp³-hybridized carbons (Fsp3) is 0.217. The van der Waals surface area contributed by atoms with Crippen LogP contribution in [0, 0.1) is 12.7 Å². The molecule has 0 saturated carbocycles. The number of rotatable bonds is 7. The summed E-state index contributed by atoms with van der Waals surface area (Å²) in [5.41, 5.74) is 4.80. The van der Waals surface area contributed by atoms with E-state index in [-0.39, 0.29) is 11.9 Å². The molecule has 1 atom stereocenters. The molecule has 0 unspecified atom stereocenters. The highest BCUT2D eigenvalue weighted by atomic mass is 19.1. The number of methoxy groups -OCH3 is 1. The van der Waals surface area contributed by atoms with Gasteiger partial charge in [-0.2, -0.15) is 10.2 Å². The summed E-state index contributed by atoms with van der Waals surface area (Å²) in [4.78, 5) is 0. The lowest BCUT2D eigenvalue weighted by atomic mass is 10.1. The Bertz CT molecular complexity index is 1120. The summed E-state index contributed by atoms with van der Waals surface area (Å²) in [5.74, 6) is 0.542. The molecule has 7 heteroatoms. The van der Waals surface area contributed by atoms with Crippen LogP contribution in [0.4, 0.5) is 4.39 Å². The van der Waals surface area contributed by atoms with Crippen molar-refractivity contribution in [1.29, 1.82) is 0 Å². The highest BCUT2D eigenvalue weighted by molar-refractivity contribution is 5.41. The van der Waals surface area contributed by atoms with Crippen molar-refractivity contribution in [3.05, 3.63) is 89.8 Å². The minimum Gasteiger partial charge on any atom is -0.497 e. The summed E-state index contributed by atoms with van der Waals surface area (Å²) in [7, 11) is 1.65. The van der Waals surface area contributed by atoms with Crippen LogP contribution < -0.4 is 10.1 Å². The molecule has 0 aliphatic heterocycles. The monoisotopic (exact) mass is 405 g/mol. The average molecular weight is 405 g/mol.